The topological polar surface area (TPSA) is 20.2 Å². The van der Waals surface area contributed by atoms with Crippen LogP contribution < -0.4 is 0 Å². The van der Waals surface area contributed by atoms with E-state index in [-0.39, 0.29) is 17.8 Å². The third kappa shape index (κ3) is 2.96. The van der Waals surface area contributed by atoms with Crippen LogP contribution in [-0.4, -0.2) is 11.7 Å². The Morgan fingerprint density at radius 3 is 2.38 bits per heavy atom. The molecule has 16 heavy (non-hydrogen) atoms. The van der Waals surface area contributed by atoms with Crippen molar-refractivity contribution in [2.24, 2.45) is 5.41 Å². The second-order valence-electron chi connectivity index (χ2n) is 4.28. The van der Waals surface area contributed by atoms with Gasteiger partial charge in [0.1, 0.15) is 5.82 Å². The minimum Gasteiger partial charge on any atom is -0.396 e. The van der Waals surface area contributed by atoms with Crippen LogP contribution in [0.2, 0.25) is 5.02 Å². The number of hydrogen-bond donors (Lipinski definition) is 1. The first-order valence-electron chi connectivity index (χ1n) is 5.61. The highest BCUT2D eigenvalue weighted by Crippen LogP contribution is 2.31. The number of halogens is 2. The smallest absolute Gasteiger partial charge is 0.127 e. The summed E-state index contributed by atoms with van der Waals surface area (Å²) in [4.78, 5) is 0. The van der Waals surface area contributed by atoms with Crippen LogP contribution in [-0.2, 0) is 6.42 Å². The lowest BCUT2D eigenvalue weighted by Gasteiger charge is -2.29. The van der Waals surface area contributed by atoms with Crippen LogP contribution >= 0.6 is 11.6 Å². The first-order valence-corrected chi connectivity index (χ1v) is 5.99. The molecule has 1 aromatic rings. The fourth-order valence-electron chi connectivity index (χ4n) is 1.85. The quantitative estimate of drug-likeness (QED) is 0.835. The lowest BCUT2D eigenvalue weighted by molar-refractivity contribution is 0.114. The summed E-state index contributed by atoms with van der Waals surface area (Å²) < 4.78 is 13.6. The van der Waals surface area contributed by atoms with Crippen molar-refractivity contribution in [1.29, 1.82) is 0 Å². The van der Waals surface area contributed by atoms with E-state index in [9.17, 15) is 9.50 Å². The van der Waals surface area contributed by atoms with Gasteiger partial charge in [-0.3, -0.25) is 0 Å². The second kappa shape index (κ2) is 5.65. The minimum absolute atomic E-state index is 0.0854. The molecule has 1 nitrogen and oxygen atoms in total. The molecule has 0 aliphatic rings. The average Bonchev–Trinajstić information content (AvgIpc) is 2.29. The second-order valence-corrected chi connectivity index (χ2v) is 4.71. The summed E-state index contributed by atoms with van der Waals surface area (Å²) in [5, 5.41) is 9.84. The number of aliphatic hydroxyl groups excluding tert-OH is 1. The van der Waals surface area contributed by atoms with Gasteiger partial charge in [-0.15, -0.1) is 0 Å². The Hall–Kier alpha value is -0.600. The third-order valence-electron chi connectivity index (χ3n) is 3.42. The molecule has 90 valence electrons. The summed E-state index contributed by atoms with van der Waals surface area (Å²) in [6.07, 6.45) is 2.23. The molecule has 0 aromatic heterocycles. The van der Waals surface area contributed by atoms with Crippen molar-refractivity contribution in [3.8, 4) is 0 Å². The van der Waals surface area contributed by atoms with Crippen LogP contribution in [0.5, 0.6) is 0 Å². The van der Waals surface area contributed by atoms with Crippen molar-refractivity contribution in [1.82, 2.24) is 0 Å². The van der Waals surface area contributed by atoms with Crippen molar-refractivity contribution in [2.45, 2.75) is 33.1 Å². The van der Waals surface area contributed by atoms with E-state index in [0.717, 1.165) is 12.8 Å². The molecule has 0 aliphatic heterocycles. The van der Waals surface area contributed by atoms with E-state index in [0.29, 0.717) is 17.0 Å². The largest absolute Gasteiger partial charge is 0.396 e. The van der Waals surface area contributed by atoms with Crippen molar-refractivity contribution >= 4 is 11.6 Å². The zero-order chi connectivity index (χ0) is 12.2. The predicted octanol–water partition coefficient (Wildman–Crippen LogP) is 3.82. The van der Waals surface area contributed by atoms with Crippen molar-refractivity contribution in [3.05, 3.63) is 34.6 Å². The van der Waals surface area contributed by atoms with Crippen LogP contribution in [0, 0.1) is 11.2 Å². The van der Waals surface area contributed by atoms with Gasteiger partial charge in [-0.05, 0) is 42.4 Å². The molecular weight excluding hydrogens is 227 g/mol. The third-order valence-corrected chi connectivity index (χ3v) is 3.65. The standard InChI is InChI=1S/C13H18ClFO/c1-3-13(4-2,9-16)8-10-5-6-11(14)7-12(10)15/h5-7,16H,3-4,8-9H2,1-2H3. The zero-order valence-electron chi connectivity index (χ0n) is 9.76. The Morgan fingerprint density at radius 1 is 1.31 bits per heavy atom. The van der Waals surface area contributed by atoms with Gasteiger partial charge in [0, 0.05) is 11.6 Å². The number of hydrogen-bond acceptors (Lipinski definition) is 1. The van der Waals surface area contributed by atoms with Crippen LogP contribution in [0.4, 0.5) is 4.39 Å². The molecule has 0 amide bonds. The summed E-state index contributed by atoms with van der Waals surface area (Å²) >= 11 is 5.70. The minimum atomic E-state index is -0.285. The molecule has 1 N–H and O–H groups in total. The number of rotatable bonds is 5. The van der Waals surface area contributed by atoms with E-state index >= 15 is 0 Å². The highest BCUT2D eigenvalue weighted by atomic mass is 35.5. The van der Waals surface area contributed by atoms with Gasteiger partial charge in [-0.25, -0.2) is 4.39 Å². The van der Waals surface area contributed by atoms with E-state index in [2.05, 4.69) is 0 Å². The molecule has 0 fully saturated rings. The maximum atomic E-state index is 13.6. The SMILES string of the molecule is CCC(CC)(CO)Cc1ccc(Cl)cc1F. The van der Waals surface area contributed by atoms with Crippen LogP contribution in [0.3, 0.4) is 0 Å². The van der Waals surface area contributed by atoms with E-state index in [1.165, 1.54) is 6.07 Å². The Bertz CT molecular complexity index is 340. The summed E-state index contributed by atoms with van der Waals surface area (Å²) in [5.41, 5.74) is 0.413. The van der Waals surface area contributed by atoms with Crippen molar-refractivity contribution in [2.75, 3.05) is 6.61 Å². The maximum Gasteiger partial charge on any atom is 0.127 e. The Kier molecular flexibility index (Phi) is 4.75. The molecule has 1 rings (SSSR count). The van der Waals surface area contributed by atoms with Crippen LogP contribution in [0.25, 0.3) is 0 Å². The Labute approximate surface area is 101 Å². The Balaban J connectivity index is 2.93. The highest BCUT2D eigenvalue weighted by molar-refractivity contribution is 6.30. The zero-order valence-corrected chi connectivity index (χ0v) is 10.5. The van der Waals surface area contributed by atoms with Crippen molar-refractivity contribution in [3.63, 3.8) is 0 Å². The number of benzene rings is 1. The van der Waals surface area contributed by atoms with E-state index in [1.54, 1.807) is 12.1 Å². The maximum absolute atomic E-state index is 13.6. The van der Waals surface area contributed by atoms with E-state index in [1.807, 2.05) is 13.8 Å². The number of aliphatic hydroxyl groups is 1. The molecule has 0 heterocycles. The van der Waals surface area contributed by atoms with Gasteiger partial charge in [0.05, 0.1) is 0 Å². The van der Waals surface area contributed by atoms with E-state index in [4.69, 9.17) is 11.6 Å². The van der Waals surface area contributed by atoms with Crippen molar-refractivity contribution < 1.29 is 9.50 Å². The Morgan fingerprint density at radius 2 is 1.94 bits per heavy atom. The lowest BCUT2D eigenvalue weighted by atomic mass is 9.77. The van der Waals surface area contributed by atoms with Gasteiger partial charge in [0.25, 0.3) is 0 Å². The first-order chi connectivity index (χ1) is 7.56. The van der Waals surface area contributed by atoms with E-state index < -0.39 is 0 Å². The van der Waals surface area contributed by atoms with Gasteiger partial charge < -0.3 is 5.11 Å². The molecule has 3 heteroatoms. The molecule has 0 aliphatic carbocycles. The lowest BCUT2D eigenvalue weighted by Crippen LogP contribution is -2.27. The summed E-state index contributed by atoms with van der Waals surface area (Å²) in [5.74, 6) is -0.285. The average molecular weight is 245 g/mol. The fraction of sp³-hybridized carbons (Fsp3) is 0.538. The molecule has 0 bridgehead atoms. The predicted molar refractivity (Wildman–Crippen MR) is 65.2 cm³/mol. The summed E-state index contributed by atoms with van der Waals surface area (Å²) in [6, 6.07) is 4.71. The summed E-state index contributed by atoms with van der Waals surface area (Å²) in [7, 11) is 0. The molecule has 0 atom stereocenters. The van der Waals surface area contributed by atoms with Gasteiger partial charge in [-0.1, -0.05) is 31.5 Å². The fourth-order valence-corrected chi connectivity index (χ4v) is 2.01. The van der Waals surface area contributed by atoms with Gasteiger partial charge in [0.15, 0.2) is 0 Å². The van der Waals surface area contributed by atoms with Gasteiger partial charge >= 0.3 is 0 Å². The van der Waals surface area contributed by atoms with Crippen LogP contribution in [0.1, 0.15) is 32.3 Å². The molecule has 0 saturated carbocycles. The highest BCUT2D eigenvalue weighted by Gasteiger charge is 2.26. The van der Waals surface area contributed by atoms with Gasteiger partial charge in [-0.2, -0.15) is 0 Å². The molecule has 0 spiro atoms. The molecule has 1 aromatic carbocycles. The van der Waals surface area contributed by atoms with Gasteiger partial charge in [0.2, 0.25) is 0 Å². The first kappa shape index (κ1) is 13.5. The normalized spacial score (nSPS) is 11.8. The molecule has 0 unspecified atom stereocenters. The molecule has 0 radical (unpaired) electrons. The molecular formula is C13H18ClFO. The monoisotopic (exact) mass is 244 g/mol. The van der Waals surface area contributed by atoms with Crippen LogP contribution in [0.15, 0.2) is 18.2 Å². The summed E-state index contributed by atoms with van der Waals surface area (Å²) in [6.45, 7) is 4.13. The molecule has 0 saturated heterocycles.